The molecular weight excluding hydrogens is 332 g/mol. The van der Waals surface area contributed by atoms with Crippen molar-refractivity contribution < 1.29 is 14.8 Å². The van der Waals surface area contributed by atoms with Gasteiger partial charge in [0, 0.05) is 36.3 Å². The average molecular weight is 354 g/mol. The fourth-order valence-electron chi connectivity index (χ4n) is 4.52. The Morgan fingerprint density at radius 2 is 2.04 bits per heavy atom. The molecule has 2 aliphatic heterocycles. The molecule has 0 aliphatic carbocycles. The Kier molecular flexibility index (Phi) is 3.70. The van der Waals surface area contributed by atoms with E-state index in [4.69, 9.17) is 4.74 Å². The molecule has 26 heavy (non-hydrogen) atoms. The van der Waals surface area contributed by atoms with E-state index in [9.17, 15) is 15.2 Å². The van der Waals surface area contributed by atoms with Gasteiger partial charge < -0.3 is 14.7 Å². The van der Waals surface area contributed by atoms with Crippen molar-refractivity contribution in [1.29, 1.82) is 0 Å². The van der Waals surface area contributed by atoms with Crippen LogP contribution in [0, 0.1) is 10.1 Å². The van der Waals surface area contributed by atoms with Crippen LogP contribution in [0.25, 0.3) is 0 Å². The van der Waals surface area contributed by atoms with Gasteiger partial charge in [-0.15, -0.1) is 0 Å². The molecule has 4 rings (SSSR count). The number of nitro groups is 1. The van der Waals surface area contributed by atoms with Crippen LogP contribution in [0.1, 0.15) is 31.4 Å². The number of aryl methyl sites for hydroxylation is 1. The summed E-state index contributed by atoms with van der Waals surface area (Å²) in [6.45, 7) is 4.84. The number of benzene rings is 2. The Morgan fingerprint density at radius 1 is 1.27 bits per heavy atom. The van der Waals surface area contributed by atoms with Crippen LogP contribution < -0.4 is 9.64 Å². The van der Waals surface area contributed by atoms with Crippen LogP contribution in [-0.4, -0.2) is 28.9 Å². The van der Waals surface area contributed by atoms with Crippen LogP contribution in [0.3, 0.4) is 0 Å². The predicted molar refractivity (Wildman–Crippen MR) is 98.7 cm³/mol. The number of non-ortho nitro benzene ring substituents is 1. The number of hydrogen-bond acceptors (Lipinski definition) is 5. The summed E-state index contributed by atoms with van der Waals surface area (Å²) >= 11 is 0. The SMILES string of the molecule is CC1(C)c2ccccc2N(CCO)[C@]12CCc1cc([N+](=O)[O-])ccc1O2. The van der Waals surface area contributed by atoms with Crippen LogP contribution in [0.2, 0.25) is 0 Å². The van der Waals surface area contributed by atoms with Crippen molar-refractivity contribution in [3.63, 3.8) is 0 Å². The van der Waals surface area contributed by atoms with Gasteiger partial charge in [0.2, 0.25) is 0 Å². The number of aliphatic hydroxyl groups is 1. The van der Waals surface area contributed by atoms with E-state index >= 15 is 0 Å². The zero-order chi connectivity index (χ0) is 18.5. The van der Waals surface area contributed by atoms with Gasteiger partial charge in [0.15, 0.2) is 5.72 Å². The van der Waals surface area contributed by atoms with Crippen molar-refractivity contribution in [3.8, 4) is 5.75 Å². The summed E-state index contributed by atoms with van der Waals surface area (Å²) < 4.78 is 6.57. The van der Waals surface area contributed by atoms with Gasteiger partial charge in [-0.05, 0) is 38.0 Å². The van der Waals surface area contributed by atoms with Gasteiger partial charge in [-0.25, -0.2) is 0 Å². The van der Waals surface area contributed by atoms with Gasteiger partial charge in [-0.2, -0.15) is 0 Å². The van der Waals surface area contributed by atoms with E-state index in [0.29, 0.717) is 25.1 Å². The Hall–Kier alpha value is -2.60. The summed E-state index contributed by atoms with van der Waals surface area (Å²) in [7, 11) is 0. The lowest BCUT2D eigenvalue weighted by molar-refractivity contribution is -0.385. The summed E-state index contributed by atoms with van der Waals surface area (Å²) in [6.07, 6.45) is 1.39. The van der Waals surface area contributed by atoms with Gasteiger partial charge >= 0.3 is 0 Å². The second-order valence-corrected chi connectivity index (χ2v) is 7.45. The Bertz CT molecular complexity index is 880. The van der Waals surface area contributed by atoms with Crippen molar-refractivity contribution in [2.45, 2.75) is 37.8 Å². The summed E-state index contributed by atoms with van der Waals surface area (Å²) in [6, 6.07) is 13.0. The quantitative estimate of drug-likeness (QED) is 0.675. The number of anilines is 1. The van der Waals surface area contributed by atoms with E-state index in [1.807, 2.05) is 12.1 Å². The number of rotatable bonds is 3. The molecule has 0 bridgehead atoms. The molecule has 0 radical (unpaired) electrons. The maximum Gasteiger partial charge on any atom is 0.269 e. The molecule has 0 saturated heterocycles. The van der Waals surface area contributed by atoms with Crippen molar-refractivity contribution >= 4 is 11.4 Å². The number of fused-ring (bicyclic) bond motifs is 2. The summed E-state index contributed by atoms with van der Waals surface area (Å²) in [5.41, 5.74) is 2.31. The van der Waals surface area contributed by atoms with Crippen molar-refractivity contribution in [1.82, 2.24) is 0 Å². The van der Waals surface area contributed by atoms with Crippen LogP contribution in [-0.2, 0) is 11.8 Å². The third-order valence-electron chi connectivity index (χ3n) is 5.87. The van der Waals surface area contributed by atoms with Crippen molar-refractivity contribution in [2.75, 3.05) is 18.1 Å². The van der Waals surface area contributed by atoms with Crippen molar-refractivity contribution in [3.05, 3.63) is 63.7 Å². The van der Waals surface area contributed by atoms with E-state index in [1.165, 1.54) is 11.6 Å². The first-order chi connectivity index (χ1) is 12.4. The van der Waals surface area contributed by atoms with E-state index in [1.54, 1.807) is 12.1 Å². The molecule has 2 aliphatic rings. The highest BCUT2D eigenvalue weighted by Gasteiger charge is 2.59. The molecule has 1 atom stereocenters. The predicted octanol–water partition coefficient (Wildman–Crippen LogP) is 3.41. The molecule has 0 fully saturated rings. The van der Waals surface area contributed by atoms with Gasteiger partial charge in [0.25, 0.3) is 5.69 Å². The molecule has 2 aromatic carbocycles. The van der Waals surface area contributed by atoms with Crippen LogP contribution >= 0.6 is 0 Å². The lowest BCUT2D eigenvalue weighted by atomic mass is 9.74. The third-order valence-corrected chi connectivity index (χ3v) is 5.87. The summed E-state index contributed by atoms with van der Waals surface area (Å²) in [4.78, 5) is 12.8. The number of β-amino-alcohol motifs (C(OH)–C–C–N with tert-alkyl or cyclic N) is 1. The minimum absolute atomic E-state index is 0.0304. The largest absolute Gasteiger partial charge is 0.467 e. The molecule has 0 aromatic heterocycles. The van der Waals surface area contributed by atoms with Gasteiger partial charge in [0.05, 0.1) is 16.9 Å². The average Bonchev–Trinajstić information content (AvgIpc) is 2.81. The Labute approximate surface area is 152 Å². The number of nitrogens with zero attached hydrogens (tertiary/aromatic N) is 2. The minimum Gasteiger partial charge on any atom is -0.467 e. The highest BCUT2D eigenvalue weighted by atomic mass is 16.6. The first kappa shape index (κ1) is 16.8. The first-order valence-electron chi connectivity index (χ1n) is 8.85. The second kappa shape index (κ2) is 5.71. The summed E-state index contributed by atoms with van der Waals surface area (Å²) in [5.74, 6) is 0.686. The molecule has 0 saturated carbocycles. The fourth-order valence-corrected chi connectivity index (χ4v) is 4.52. The first-order valence-corrected chi connectivity index (χ1v) is 8.85. The normalized spacial score (nSPS) is 22.7. The van der Waals surface area contributed by atoms with Gasteiger partial charge in [0.1, 0.15) is 5.75 Å². The van der Waals surface area contributed by atoms with E-state index < -0.39 is 5.72 Å². The fraction of sp³-hybridized carbons (Fsp3) is 0.400. The van der Waals surface area contributed by atoms with Gasteiger partial charge in [-0.3, -0.25) is 10.1 Å². The molecule has 6 heteroatoms. The number of ether oxygens (including phenoxy) is 1. The van der Waals surface area contributed by atoms with Crippen LogP contribution in [0.15, 0.2) is 42.5 Å². The Balaban J connectivity index is 1.82. The second-order valence-electron chi connectivity index (χ2n) is 7.45. The lowest BCUT2D eigenvalue weighted by Crippen LogP contribution is -2.62. The molecule has 1 spiro atoms. The molecular formula is C20H22N2O4. The maximum atomic E-state index is 11.1. The van der Waals surface area contributed by atoms with Crippen molar-refractivity contribution in [2.24, 2.45) is 0 Å². The molecule has 2 aromatic rings. The van der Waals surface area contributed by atoms with E-state index in [-0.39, 0.29) is 22.6 Å². The molecule has 136 valence electrons. The van der Waals surface area contributed by atoms with Crippen LogP contribution in [0.4, 0.5) is 11.4 Å². The molecule has 1 N–H and O–H groups in total. The van der Waals surface area contributed by atoms with E-state index in [0.717, 1.165) is 11.3 Å². The molecule has 6 nitrogen and oxygen atoms in total. The highest BCUT2D eigenvalue weighted by molar-refractivity contribution is 5.66. The number of aliphatic hydroxyl groups excluding tert-OH is 1. The molecule has 0 unspecified atom stereocenters. The Morgan fingerprint density at radius 3 is 2.77 bits per heavy atom. The zero-order valence-corrected chi connectivity index (χ0v) is 14.9. The highest BCUT2D eigenvalue weighted by Crippen LogP contribution is 2.56. The number of nitro benzene ring substituents is 1. The smallest absolute Gasteiger partial charge is 0.269 e. The van der Waals surface area contributed by atoms with Crippen LogP contribution in [0.5, 0.6) is 5.75 Å². The molecule has 2 heterocycles. The van der Waals surface area contributed by atoms with Gasteiger partial charge in [-0.1, -0.05) is 18.2 Å². The number of para-hydroxylation sites is 1. The monoisotopic (exact) mass is 354 g/mol. The topological polar surface area (TPSA) is 75.8 Å². The standard InChI is InChI=1S/C20H22N2O4/c1-19(2)16-5-3-4-6-17(16)21(11-12-23)20(19)10-9-14-13-15(22(24)25)7-8-18(14)26-20/h3-8,13,23H,9-12H2,1-2H3/t20-/m0/s1. The molecule has 0 amide bonds. The number of hydrogen-bond donors (Lipinski definition) is 1. The minimum atomic E-state index is -0.622. The maximum absolute atomic E-state index is 11.1. The third kappa shape index (κ3) is 2.15. The summed E-state index contributed by atoms with van der Waals surface area (Å²) in [5, 5.41) is 20.7. The lowest BCUT2D eigenvalue weighted by Gasteiger charge is -2.49. The zero-order valence-electron chi connectivity index (χ0n) is 14.9. The van der Waals surface area contributed by atoms with E-state index in [2.05, 4.69) is 30.9 Å².